The Bertz CT molecular complexity index is 239. The van der Waals surface area contributed by atoms with E-state index in [1.165, 1.54) is 0 Å². The zero-order chi connectivity index (χ0) is 11.4. The van der Waals surface area contributed by atoms with Crippen LogP contribution in [0.15, 0.2) is 0 Å². The highest BCUT2D eigenvalue weighted by atomic mass is 16.5. The van der Waals surface area contributed by atoms with Gasteiger partial charge in [-0.1, -0.05) is 0 Å². The van der Waals surface area contributed by atoms with E-state index in [1.807, 2.05) is 0 Å². The molecule has 0 radical (unpaired) electrons. The van der Waals surface area contributed by atoms with Gasteiger partial charge in [-0.15, -0.1) is 0 Å². The van der Waals surface area contributed by atoms with Crippen molar-refractivity contribution in [3.8, 4) is 0 Å². The van der Waals surface area contributed by atoms with Crippen LogP contribution in [-0.4, -0.2) is 38.3 Å². The third kappa shape index (κ3) is 2.74. The van der Waals surface area contributed by atoms with Crippen LogP contribution in [0.5, 0.6) is 0 Å². The number of piperidine rings is 1. The molecule has 2 N–H and O–H groups in total. The SMILES string of the molecule is COC1CCCC1NC(=O)C1CCNCC1. The van der Waals surface area contributed by atoms with Crippen LogP contribution in [0, 0.1) is 5.92 Å². The van der Waals surface area contributed by atoms with Gasteiger partial charge in [-0.25, -0.2) is 0 Å². The average Bonchev–Trinajstić information content (AvgIpc) is 2.77. The molecule has 4 nitrogen and oxygen atoms in total. The fourth-order valence-electron chi connectivity index (χ4n) is 2.76. The smallest absolute Gasteiger partial charge is 0.223 e. The molecular weight excluding hydrogens is 204 g/mol. The quantitative estimate of drug-likeness (QED) is 0.743. The summed E-state index contributed by atoms with van der Waals surface area (Å²) in [7, 11) is 1.74. The van der Waals surface area contributed by atoms with Crippen molar-refractivity contribution in [2.75, 3.05) is 20.2 Å². The van der Waals surface area contributed by atoms with Gasteiger partial charge in [0.2, 0.25) is 5.91 Å². The van der Waals surface area contributed by atoms with Crippen LogP contribution in [0.3, 0.4) is 0 Å². The third-order valence-corrected chi connectivity index (χ3v) is 3.79. The summed E-state index contributed by atoms with van der Waals surface area (Å²) in [6, 6.07) is 0.243. The summed E-state index contributed by atoms with van der Waals surface area (Å²) < 4.78 is 5.38. The van der Waals surface area contributed by atoms with Crippen molar-refractivity contribution in [1.29, 1.82) is 0 Å². The van der Waals surface area contributed by atoms with Gasteiger partial charge in [-0.05, 0) is 45.2 Å². The van der Waals surface area contributed by atoms with Crippen LogP contribution >= 0.6 is 0 Å². The number of amides is 1. The van der Waals surface area contributed by atoms with Crippen LogP contribution in [0.2, 0.25) is 0 Å². The van der Waals surface area contributed by atoms with Gasteiger partial charge in [0, 0.05) is 13.0 Å². The molecule has 92 valence electrons. The highest BCUT2D eigenvalue weighted by molar-refractivity contribution is 5.79. The summed E-state index contributed by atoms with van der Waals surface area (Å²) in [6.45, 7) is 1.94. The molecule has 1 saturated carbocycles. The number of hydrogen-bond acceptors (Lipinski definition) is 3. The van der Waals surface area contributed by atoms with Crippen molar-refractivity contribution in [2.24, 2.45) is 5.92 Å². The molecule has 1 aliphatic heterocycles. The van der Waals surface area contributed by atoms with Crippen molar-refractivity contribution >= 4 is 5.91 Å². The largest absolute Gasteiger partial charge is 0.379 e. The minimum Gasteiger partial charge on any atom is -0.379 e. The zero-order valence-corrected chi connectivity index (χ0v) is 10.00. The Hall–Kier alpha value is -0.610. The second-order valence-corrected chi connectivity index (χ2v) is 4.84. The molecule has 0 spiro atoms. The van der Waals surface area contributed by atoms with E-state index in [-0.39, 0.29) is 24.0 Å². The Morgan fingerprint density at radius 1 is 1.25 bits per heavy atom. The van der Waals surface area contributed by atoms with E-state index in [9.17, 15) is 4.79 Å². The molecule has 2 fully saturated rings. The summed E-state index contributed by atoms with van der Waals surface area (Å²) >= 11 is 0. The zero-order valence-electron chi connectivity index (χ0n) is 10.00. The summed E-state index contributed by atoms with van der Waals surface area (Å²) in [5.41, 5.74) is 0. The molecule has 2 rings (SSSR count). The standard InChI is InChI=1S/C12H22N2O2/c1-16-11-4-2-3-10(11)14-12(15)9-5-7-13-8-6-9/h9-11,13H,2-8H2,1H3,(H,14,15). The molecule has 0 aromatic rings. The van der Waals surface area contributed by atoms with Gasteiger partial charge >= 0.3 is 0 Å². The van der Waals surface area contributed by atoms with Gasteiger partial charge in [-0.2, -0.15) is 0 Å². The van der Waals surface area contributed by atoms with Gasteiger partial charge in [0.1, 0.15) is 0 Å². The maximum atomic E-state index is 12.0. The summed E-state index contributed by atoms with van der Waals surface area (Å²) in [5, 5.41) is 6.44. The topological polar surface area (TPSA) is 50.4 Å². The van der Waals surface area contributed by atoms with Crippen LogP contribution < -0.4 is 10.6 Å². The van der Waals surface area contributed by atoms with Gasteiger partial charge < -0.3 is 15.4 Å². The molecule has 4 heteroatoms. The Labute approximate surface area is 97.1 Å². The highest BCUT2D eigenvalue weighted by Gasteiger charge is 2.30. The molecule has 2 atom stereocenters. The molecule has 16 heavy (non-hydrogen) atoms. The molecule has 1 heterocycles. The first-order chi connectivity index (χ1) is 7.81. The van der Waals surface area contributed by atoms with Crippen LogP contribution in [0.25, 0.3) is 0 Å². The number of carbonyl (C=O) groups is 1. The molecule has 1 aliphatic carbocycles. The van der Waals surface area contributed by atoms with Crippen molar-refractivity contribution in [2.45, 2.75) is 44.2 Å². The number of hydrogen-bond donors (Lipinski definition) is 2. The Morgan fingerprint density at radius 3 is 2.69 bits per heavy atom. The van der Waals surface area contributed by atoms with Crippen LogP contribution in [0.1, 0.15) is 32.1 Å². The predicted octanol–water partition coefficient (Wildman–Crippen LogP) is 0.670. The lowest BCUT2D eigenvalue weighted by Crippen LogP contribution is -2.45. The second-order valence-electron chi connectivity index (χ2n) is 4.84. The molecule has 1 saturated heterocycles. The van der Waals surface area contributed by atoms with E-state index in [0.29, 0.717) is 0 Å². The predicted molar refractivity (Wildman–Crippen MR) is 62.2 cm³/mol. The fourth-order valence-corrected chi connectivity index (χ4v) is 2.76. The lowest BCUT2D eigenvalue weighted by atomic mass is 9.97. The molecule has 2 unspecified atom stereocenters. The first-order valence-corrected chi connectivity index (χ1v) is 6.35. The lowest BCUT2D eigenvalue weighted by Gasteiger charge is -2.25. The van der Waals surface area contributed by atoms with Crippen molar-refractivity contribution in [3.05, 3.63) is 0 Å². The van der Waals surface area contributed by atoms with Crippen LogP contribution in [-0.2, 0) is 9.53 Å². The minimum absolute atomic E-state index is 0.208. The van der Waals surface area contributed by atoms with Gasteiger partial charge in [-0.3, -0.25) is 4.79 Å². The molecule has 0 aromatic heterocycles. The number of ether oxygens (including phenoxy) is 1. The van der Waals surface area contributed by atoms with E-state index in [2.05, 4.69) is 10.6 Å². The molecule has 0 aromatic carbocycles. The average molecular weight is 226 g/mol. The maximum Gasteiger partial charge on any atom is 0.223 e. The summed E-state index contributed by atoms with van der Waals surface area (Å²) in [4.78, 5) is 12.0. The van der Waals surface area contributed by atoms with E-state index < -0.39 is 0 Å². The van der Waals surface area contributed by atoms with Crippen molar-refractivity contribution in [1.82, 2.24) is 10.6 Å². The lowest BCUT2D eigenvalue weighted by molar-refractivity contribution is -0.127. The van der Waals surface area contributed by atoms with E-state index >= 15 is 0 Å². The summed E-state index contributed by atoms with van der Waals surface area (Å²) in [5.74, 6) is 0.440. The van der Waals surface area contributed by atoms with Gasteiger partial charge in [0.05, 0.1) is 12.1 Å². The normalized spacial score (nSPS) is 31.6. The Balaban J connectivity index is 1.81. The second kappa shape index (κ2) is 5.64. The maximum absolute atomic E-state index is 12.0. The van der Waals surface area contributed by atoms with Crippen LogP contribution in [0.4, 0.5) is 0 Å². The molecule has 1 amide bonds. The van der Waals surface area contributed by atoms with E-state index in [0.717, 1.165) is 45.2 Å². The van der Waals surface area contributed by atoms with Gasteiger partial charge in [0.25, 0.3) is 0 Å². The Kier molecular flexibility index (Phi) is 4.18. The highest BCUT2D eigenvalue weighted by Crippen LogP contribution is 2.22. The first kappa shape index (κ1) is 11.9. The molecule has 2 aliphatic rings. The van der Waals surface area contributed by atoms with E-state index in [1.54, 1.807) is 7.11 Å². The number of rotatable bonds is 3. The van der Waals surface area contributed by atoms with Crippen molar-refractivity contribution in [3.63, 3.8) is 0 Å². The first-order valence-electron chi connectivity index (χ1n) is 6.35. The number of methoxy groups -OCH3 is 1. The fraction of sp³-hybridized carbons (Fsp3) is 0.917. The summed E-state index contributed by atoms with van der Waals surface area (Å²) in [6.07, 6.45) is 5.47. The minimum atomic E-state index is 0.208. The molecule has 0 bridgehead atoms. The Morgan fingerprint density at radius 2 is 2.00 bits per heavy atom. The van der Waals surface area contributed by atoms with Gasteiger partial charge in [0.15, 0.2) is 0 Å². The number of nitrogens with one attached hydrogen (secondary N) is 2. The van der Waals surface area contributed by atoms with E-state index in [4.69, 9.17) is 4.74 Å². The third-order valence-electron chi connectivity index (χ3n) is 3.79. The molecular formula is C12H22N2O2. The number of carbonyl (C=O) groups excluding carboxylic acids is 1. The monoisotopic (exact) mass is 226 g/mol. The van der Waals surface area contributed by atoms with Crippen molar-refractivity contribution < 1.29 is 9.53 Å².